The quantitative estimate of drug-likeness (QED) is 0.201. The number of para-hydroxylation sites is 1. The van der Waals surface area contributed by atoms with Crippen molar-refractivity contribution < 1.29 is 4.42 Å². The van der Waals surface area contributed by atoms with Gasteiger partial charge in [0.25, 0.3) is 0 Å². The van der Waals surface area contributed by atoms with Crippen LogP contribution in [0.4, 0.5) is 0 Å². The maximum Gasteiger partial charge on any atom is 0.159 e. The second-order valence-corrected chi connectivity index (χ2v) is 13.0. The van der Waals surface area contributed by atoms with Crippen LogP contribution in [-0.4, -0.2) is 11.7 Å². The molecular formula is C47H31N3O. The van der Waals surface area contributed by atoms with E-state index in [0.717, 1.165) is 61.2 Å². The van der Waals surface area contributed by atoms with Crippen molar-refractivity contribution in [3.8, 4) is 22.3 Å². The fourth-order valence-electron chi connectivity index (χ4n) is 7.43. The number of fused-ring (bicyclic) bond motifs is 5. The van der Waals surface area contributed by atoms with Gasteiger partial charge in [0.1, 0.15) is 23.2 Å². The van der Waals surface area contributed by atoms with Crippen LogP contribution in [0.3, 0.4) is 0 Å². The highest BCUT2D eigenvalue weighted by Crippen LogP contribution is 2.38. The van der Waals surface area contributed by atoms with Crippen molar-refractivity contribution in [2.75, 3.05) is 0 Å². The normalized spacial score (nSPS) is 14.5. The van der Waals surface area contributed by atoms with Crippen molar-refractivity contribution in [3.05, 3.63) is 193 Å². The van der Waals surface area contributed by atoms with E-state index in [1.54, 1.807) is 0 Å². The lowest BCUT2D eigenvalue weighted by Gasteiger charge is -2.24. The van der Waals surface area contributed by atoms with Crippen molar-refractivity contribution in [1.82, 2.24) is 5.32 Å². The van der Waals surface area contributed by atoms with Crippen LogP contribution in [0.2, 0.25) is 0 Å². The molecular weight excluding hydrogens is 623 g/mol. The highest BCUT2D eigenvalue weighted by molar-refractivity contribution is 6.22. The summed E-state index contributed by atoms with van der Waals surface area (Å²) in [6.45, 7) is 0. The first-order valence-corrected chi connectivity index (χ1v) is 17.3. The lowest BCUT2D eigenvalue weighted by Crippen LogP contribution is -2.33. The molecule has 9 aromatic rings. The molecule has 1 atom stereocenters. The zero-order chi connectivity index (χ0) is 33.7. The molecule has 1 N–H and O–H groups in total. The Hall–Kier alpha value is -6.78. The molecule has 1 aliphatic heterocycles. The first-order valence-electron chi connectivity index (χ1n) is 17.3. The van der Waals surface area contributed by atoms with Crippen LogP contribution < -0.4 is 5.32 Å². The van der Waals surface area contributed by atoms with E-state index < -0.39 is 0 Å². The number of furan rings is 1. The Labute approximate surface area is 295 Å². The predicted octanol–water partition coefficient (Wildman–Crippen LogP) is 11.7. The molecule has 1 aliphatic rings. The molecule has 0 radical (unpaired) electrons. The number of hydrogen-bond donors (Lipinski definition) is 1. The van der Waals surface area contributed by atoms with E-state index in [-0.39, 0.29) is 6.17 Å². The number of hydrogen-bond acceptors (Lipinski definition) is 4. The summed E-state index contributed by atoms with van der Waals surface area (Å²) in [4.78, 5) is 10.5. The van der Waals surface area contributed by atoms with Gasteiger partial charge >= 0.3 is 0 Å². The van der Waals surface area contributed by atoms with Crippen LogP contribution in [0.15, 0.2) is 190 Å². The monoisotopic (exact) mass is 653 g/mol. The zero-order valence-electron chi connectivity index (χ0n) is 27.6. The third-order valence-electron chi connectivity index (χ3n) is 9.94. The zero-order valence-corrected chi connectivity index (χ0v) is 27.6. The van der Waals surface area contributed by atoms with E-state index >= 15 is 0 Å². The lowest BCUT2D eigenvalue weighted by atomic mass is 9.97. The number of nitrogens with one attached hydrogen (secondary N) is 1. The van der Waals surface area contributed by atoms with Gasteiger partial charge in [0.05, 0.1) is 0 Å². The highest BCUT2D eigenvalue weighted by atomic mass is 16.3. The molecule has 2 heterocycles. The van der Waals surface area contributed by atoms with Gasteiger partial charge in [0.2, 0.25) is 0 Å². The molecule has 1 unspecified atom stereocenters. The van der Waals surface area contributed by atoms with Gasteiger partial charge in [-0.05, 0) is 55.9 Å². The molecule has 0 bridgehead atoms. The van der Waals surface area contributed by atoms with Crippen LogP contribution in [0.25, 0.3) is 65.7 Å². The molecule has 0 aliphatic carbocycles. The molecule has 0 fully saturated rings. The molecule has 51 heavy (non-hydrogen) atoms. The van der Waals surface area contributed by atoms with Crippen LogP contribution in [-0.2, 0) is 0 Å². The Morgan fingerprint density at radius 1 is 0.471 bits per heavy atom. The Morgan fingerprint density at radius 3 is 2.00 bits per heavy atom. The number of nitrogens with zero attached hydrogens (tertiary/aromatic N) is 2. The predicted molar refractivity (Wildman–Crippen MR) is 211 cm³/mol. The maximum atomic E-state index is 6.61. The number of rotatable bonds is 5. The summed E-state index contributed by atoms with van der Waals surface area (Å²) in [6, 6.07) is 61.6. The van der Waals surface area contributed by atoms with Crippen LogP contribution in [0.1, 0.15) is 22.9 Å². The van der Waals surface area contributed by atoms with Gasteiger partial charge in [-0.1, -0.05) is 164 Å². The van der Waals surface area contributed by atoms with Crippen molar-refractivity contribution in [2.45, 2.75) is 6.17 Å². The maximum absolute atomic E-state index is 6.61. The summed E-state index contributed by atoms with van der Waals surface area (Å²) in [5.41, 5.74) is 9.24. The van der Waals surface area contributed by atoms with Gasteiger partial charge in [0, 0.05) is 27.5 Å². The summed E-state index contributed by atoms with van der Waals surface area (Å²) in [5.74, 6) is 1.44. The van der Waals surface area contributed by atoms with Crippen molar-refractivity contribution in [1.29, 1.82) is 0 Å². The molecule has 240 valence electrons. The second-order valence-electron chi connectivity index (χ2n) is 13.0. The minimum absolute atomic E-state index is 0.344. The summed E-state index contributed by atoms with van der Waals surface area (Å²) in [6.07, 6.45) is -0.344. The molecule has 0 saturated carbocycles. The van der Waals surface area contributed by atoms with E-state index in [9.17, 15) is 0 Å². The summed E-state index contributed by atoms with van der Waals surface area (Å²) in [7, 11) is 0. The molecule has 8 aromatic carbocycles. The smallest absolute Gasteiger partial charge is 0.159 e. The van der Waals surface area contributed by atoms with E-state index in [0.29, 0.717) is 5.84 Å². The second kappa shape index (κ2) is 12.0. The van der Waals surface area contributed by atoms with E-state index in [1.807, 2.05) is 18.2 Å². The third kappa shape index (κ3) is 5.08. The molecule has 1 aromatic heterocycles. The van der Waals surface area contributed by atoms with Crippen molar-refractivity contribution in [3.63, 3.8) is 0 Å². The van der Waals surface area contributed by atoms with Gasteiger partial charge in [-0.3, -0.25) is 0 Å². The fourth-order valence-corrected chi connectivity index (χ4v) is 7.43. The van der Waals surface area contributed by atoms with Gasteiger partial charge in [0.15, 0.2) is 5.84 Å². The summed E-state index contributed by atoms with van der Waals surface area (Å²) < 4.78 is 6.61. The SMILES string of the molecule is c1ccc(-c2cccc3c2oc2cccc(C4=NC(c5ccc(-c6cccc7ccccc67)cc5)=NC(c5ccc6ccccc6c5)N4)c23)cc1. The Bertz CT molecular complexity index is 2820. The van der Waals surface area contributed by atoms with E-state index in [4.69, 9.17) is 14.4 Å². The summed E-state index contributed by atoms with van der Waals surface area (Å²) in [5, 5.41) is 10.6. The fraction of sp³-hybridized carbons (Fsp3) is 0.0213. The van der Waals surface area contributed by atoms with Gasteiger partial charge in [-0.2, -0.15) is 0 Å². The molecule has 0 spiro atoms. The molecule has 10 rings (SSSR count). The minimum atomic E-state index is -0.344. The first-order chi connectivity index (χ1) is 25.3. The van der Waals surface area contributed by atoms with Gasteiger partial charge in [-0.15, -0.1) is 0 Å². The van der Waals surface area contributed by atoms with Gasteiger partial charge in [-0.25, -0.2) is 9.98 Å². The molecule has 4 heteroatoms. The average Bonchev–Trinajstić information content (AvgIpc) is 3.60. The van der Waals surface area contributed by atoms with Crippen LogP contribution >= 0.6 is 0 Å². The van der Waals surface area contributed by atoms with Crippen LogP contribution in [0.5, 0.6) is 0 Å². The van der Waals surface area contributed by atoms with Crippen LogP contribution in [0, 0.1) is 0 Å². The van der Waals surface area contributed by atoms with E-state index in [2.05, 4.69) is 163 Å². The summed E-state index contributed by atoms with van der Waals surface area (Å²) >= 11 is 0. The molecule has 4 nitrogen and oxygen atoms in total. The van der Waals surface area contributed by atoms with E-state index in [1.165, 1.54) is 27.1 Å². The molecule has 0 saturated heterocycles. The minimum Gasteiger partial charge on any atom is -0.455 e. The first kappa shape index (κ1) is 29.2. The number of benzene rings is 8. The topological polar surface area (TPSA) is 49.9 Å². The largest absolute Gasteiger partial charge is 0.455 e. The lowest BCUT2D eigenvalue weighted by molar-refractivity contribution is 0.669. The number of amidine groups is 2. The Morgan fingerprint density at radius 2 is 1.12 bits per heavy atom. The van der Waals surface area contributed by atoms with Gasteiger partial charge < -0.3 is 9.73 Å². The highest BCUT2D eigenvalue weighted by Gasteiger charge is 2.24. The number of aliphatic imine (C=N–C) groups is 2. The van der Waals surface area contributed by atoms with Crippen molar-refractivity contribution >= 4 is 55.2 Å². The standard InChI is InChI=1S/C47H31N3O/c1-2-12-32(13-3-1)39-19-9-20-40-43-41(21-10-22-42(43)51-44(39)40)47-49-45(48-46(50-47)36-28-23-30-11-4-5-15-35(30)29-36)34-26-24-33(25-27-34)38-18-8-16-31-14-6-7-17-37(31)38/h1-29,46H,(H,48,49,50). The Kier molecular flexibility index (Phi) is 6.85. The average molecular weight is 654 g/mol. The Balaban J connectivity index is 1.12. The van der Waals surface area contributed by atoms with Crippen molar-refractivity contribution in [2.24, 2.45) is 9.98 Å². The third-order valence-corrected chi connectivity index (χ3v) is 9.94. The molecule has 0 amide bonds.